The van der Waals surface area contributed by atoms with Crippen molar-refractivity contribution in [2.24, 2.45) is 5.92 Å². The van der Waals surface area contributed by atoms with Gasteiger partial charge in [0, 0.05) is 6.04 Å². The molecule has 0 saturated carbocycles. The second-order valence-electron chi connectivity index (χ2n) is 5.77. The van der Waals surface area contributed by atoms with Crippen LogP contribution in [0.2, 0.25) is 0 Å². The molecule has 1 nitrogen and oxygen atoms in total. The maximum atomic E-state index is 3.71. The van der Waals surface area contributed by atoms with Crippen molar-refractivity contribution >= 4 is 0 Å². The molecule has 2 unspecified atom stereocenters. The molecule has 0 aliphatic rings. The van der Waals surface area contributed by atoms with Crippen LogP contribution in [0.3, 0.4) is 0 Å². The van der Waals surface area contributed by atoms with Crippen LogP contribution in [0.5, 0.6) is 0 Å². The van der Waals surface area contributed by atoms with Gasteiger partial charge >= 0.3 is 0 Å². The molecule has 0 aliphatic heterocycles. The van der Waals surface area contributed by atoms with E-state index in [0.717, 1.165) is 12.5 Å². The van der Waals surface area contributed by atoms with Gasteiger partial charge in [0.2, 0.25) is 0 Å². The number of nitrogens with one attached hydrogen (secondary N) is 1. The summed E-state index contributed by atoms with van der Waals surface area (Å²) in [7, 11) is 0. The maximum absolute atomic E-state index is 3.71. The number of benzene rings is 1. The molecule has 0 bridgehead atoms. The van der Waals surface area contributed by atoms with Gasteiger partial charge in [0.25, 0.3) is 0 Å². The second kappa shape index (κ2) is 8.37. The van der Waals surface area contributed by atoms with E-state index in [2.05, 4.69) is 58.1 Å². The number of rotatable bonds is 8. The minimum atomic E-state index is 0.514. The first-order valence-corrected chi connectivity index (χ1v) is 7.93. The average Bonchev–Trinajstić information content (AvgIpc) is 2.37. The van der Waals surface area contributed by atoms with Crippen LogP contribution in [-0.4, -0.2) is 6.54 Å². The van der Waals surface area contributed by atoms with Crippen molar-refractivity contribution in [1.82, 2.24) is 5.32 Å². The third-order valence-corrected chi connectivity index (χ3v) is 3.95. The highest BCUT2D eigenvalue weighted by Crippen LogP contribution is 2.30. The standard InChI is InChI=1S/C18H31N/c1-6-9-10-16(7-2)18(19-8-3)17-12-14(4)11-15(5)13-17/h11-13,16,18-19H,6-10H2,1-5H3. The first-order valence-electron chi connectivity index (χ1n) is 7.93. The lowest BCUT2D eigenvalue weighted by atomic mass is 9.86. The van der Waals surface area contributed by atoms with Crippen molar-refractivity contribution in [1.29, 1.82) is 0 Å². The van der Waals surface area contributed by atoms with Crippen molar-refractivity contribution in [3.8, 4) is 0 Å². The largest absolute Gasteiger partial charge is 0.310 e. The number of unbranched alkanes of at least 4 members (excludes halogenated alkanes) is 1. The summed E-state index contributed by atoms with van der Waals surface area (Å²) in [5.74, 6) is 0.751. The zero-order valence-electron chi connectivity index (χ0n) is 13.4. The van der Waals surface area contributed by atoms with Gasteiger partial charge in [-0.25, -0.2) is 0 Å². The van der Waals surface area contributed by atoms with E-state index in [0.29, 0.717) is 6.04 Å². The highest BCUT2D eigenvalue weighted by atomic mass is 14.9. The molecule has 0 amide bonds. The van der Waals surface area contributed by atoms with Crippen LogP contribution in [0.15, 0.2) is 18.2 Å². The summed E-state index contributed by atoms with van der Waals surface area (Å²) >= 11 is 0. The highest BCUT2D eigenvalue weighted by Gasteiger charge is 2.20. The van der Waals surface area contributed by atoms with Gasteiger partial charge < -0.3 is 5.32 Å². The average molecular weight is 261 g/mol. The van der Waals surface area contributed by atoms with E-state index in [1.165, 1.54) is 42.4 Å². The quantitative estimate of drug-likeness (QED) is 0.680. The SMILES string of the molecule is CCCCC(CC)C(NCC)c1cc(C)cc(C)c1. The molecular formula is C18H31N. The summed E-state index contributed by atoms with van der Waals surface area (Å²) in [5, 5.41) is 3.71. The Labute approximate surface area is 119 Å². The third-order valence-electron chi connectivity index (χ3n) is 3.95. The Balaban J connectivity index is 2.96. The summed E-state index contributed by atoms with van der Waals surface area (Å²) in [6.45, 7) is 12.3. The van der Waals surface area contributed by atoms with Crippen molar-refractivity contribution in [3.05, 3.63) is 34.9 Å². The van der Waals surface area contributed by atoms with Gasteiger partial charge in [-0.15, -0.1) is 0 Å². The monoisotopic (exact) mass is 261 g/mol. The van der Waals surface area contributed by atoms with Crippen LogP contribution < -0.4 is 5.32 Å². The summed E-state index contributed by atoms with van der Waals surface area (Å²) in [4.78, 5) is 0. The number of aryl methyl sites for hydroxylation is 2. The Morgan fingerprint density at radius 1 is 1.00 bits per heavy atom. The molecule has 1 N–H and O–H groups in total. The smallest absolute Gasteiger partial charge is 0.0348 e. The van der Waals surface area contributed by atoms with Crippen molar-refractivity contribution in [2.45, 2.75) is 66.3 Å². The van der Waals surface area contributed by atoms with Gasteiger partial charge in [-0.1, -0.05) is 69.4 Å². The fourth-order valence-corrected chi connectivity index (χ4v) is 3.04. The zero-order valence-corrected chi connectivity index (χ0v) is 13.4. The molecule has 0 fully saturated rings. The predicted molar refractivity (Wildman–Crippen MR) is 85.6 cm³/mol. The lowest BCUT2D eigenvalue weighted by Gasteiger charge is -2.28. The van der Waals surface area contributed by atoms with Gasteiger partial charge in [0.1, 0.15) is 0 Å². The van der Waals surface area contributed by atoms with Crippen LogP contribution in [-0.2, 0) is 0 Å². The van der Waals surface area contributed by atoms with Crippen LogP contribution in [0, 0.1) is 19.8 Å². The maximum Gasteiger partial charge on any atom is 0.0348 e. The van der Waals surface area contributed by atoms with Gasteiger partial charge in [0.15, 0.2) is 0 Å². The molecule has 0 aromatic heterocycles. The Kier molecular flexibility index (Phi) is 7.15. The minimum Gasteiger partial charge on any atom is -0.310 e. The van der Waals surface area contributed by atoms with Crippen molar-refractivity contribution < 1.29 is 0 Å². The molecule has 1 heteroatoms. The van der Waals surface area contributed by atoms with Crippen LogP contribution >= 0.6 is 0 Å². The summed E-state index contributed by atoms with van der Waals surface area (Å²) in [6.07, 6.45) is 5.22. The molecular weight excluding hydrogens is 230 g/mol. The summed E-state index contributed by atoms with van der Waals surface area (Å²) < 4.78 is 0. The molecule has 1 aromatic carbocycles. The van der Waals surface area contributed by atoms with Gasteiger partial charge in [-0.05, 0) is 38.3 Å². The fourth-order valence-electron chi connectivity index (χ4n) is 3.04. The molecule has 1 aromatic rings. The van der Waals surface area contributed by atoms with Crippen LogP contribution in [0.4, 0.5) is 0 Å². The first kappa shape index (κ1) is 16.2. The van der Waals surface area contributed by atoms with Crippen LogP contribution in [0.1, 0.15) is 69.2 Å². The molecule has 0 saturated heterocycles. The highest BCUT2D eigenvalue weighted by molar-refractivity contribution is 5.31. The minimum absolute atomic E-state index is 0.514. The summed E-state index contributed by atoms with van der Waals surface area (Å²) in [6, 6.07) is 7.49. The van der Waals surface area contributed by atoms with E-state index >= 15 is 0 Å². The number of hydrogen-bond acceptors (Lipinski definition) is 1. The molecule has 0 spiro atoms. The molecule has 2 atom stereocenters. The van der Waals surface area contributed by atoms with Gasteiger partial charge in [-0.3, -0.25) is 0 Å². The Morgan fingerprint density at radius 3 is 2.11 bits per heavy atom. The Morgan fingerprint density at radius 2 is 1.63 bits per heavy atom. The second-order valence-corrected chi connectivity index (χ2v) is 5.77. The Bertz CT molecular complexity index is 350. The lowest BCUT2D eigenvalue weighted by molar-refractivity contribution is 0.327. The van der Waals surface area contributed by atoms with E-state index in [9.17, 15) is 0 Å². The van der Waals surface area contributed by atoms with E-state index in [-0.39, 0.29) is 0 Å². The van der Waals surface area contributed by atoms with Crippen molar-refractivity contribution in [2.75, 3.05) is 6.54 Å². The van der Waals surface area contributed by atoms with Gasteiger partial charge in [-0.2, -0.15) is 0 Å². The van der Waals surface area contributed by atoms with Crippen molar-refractivity contribution in [3.63, 3.8) is 0 Å². The molecule has 19 heavy (non-hydrogen) atoms. The summed E-state index contributed by atoms with van der Waals surface area (Å²) in [5.41, 5.74) is 4.23. The Hall–Kier alpha value is -0.820. The van der Waals surface area contributed by atoms with Crippen LogP contribution in [0.25, 0.3) is 0 Å². The first-order chi connectivity index (χ1) is 9.12. The van der Waals surface area contributed by atoms with E-state index in [1.807, 2.05) is 0 Å². The topological polar surface area (TPSA) is 12.0 Å². The molecule has 1 rings (SSSR count). The normalized spacial score (nSPS) is 14.4. The molecule has 108 valence electrons. The fraction of sp³-hybridized carbons (Fsp3) is 0.667. The molecule has 0 heterocycles. The zero-order chi connectivity index (χ0) is 14.3. The lowest BCUT2D eigenvalue weighted by Crippen LogP contribution is -2.28. The molecule has 0 aliphatic carbocycles. The van der Waals surface area contributed by atoms with E-state index < -0.39 is 0 Å². The van der Waals surface area contributed by atoms with Gasteiger partial charge in [0.05, 0.1) is 0 Å². The third kappa shape index (κ3) is 4.99. The van der Waals surface area contributed by atoms with E-state index in [4.69, 9.17) is 0 Å². The molecule has 0 radical (unpaired) electrons. The predicted octanol–water partition coefficient (Wildman–Crippen LogP) is 5.17. The van der Waals surface area contributed by atoms with E-state index in [1.54, 1.807) is 0 Å². The number of hydrogen-bond donors (Lipinski definition) is 1.